The van der Waals surface area contributed by atoms with Gasteiger partial charge in [0.25, 0.3) is 0 Å². The van der Waals surface area contributed by atoms with Gasteiger partial charge in [-0.2, -0.15) is 0 Å². The van der Waals surface area contributed by atoms with Crippen LogP contribution in [0.4, 0.5) is 0 Å². The van der Waals surface area contributed by atoms with Crippen molar-refractivity contribution in [3.63, 3.8) is 0 Å². The maximum Gasteiger partial charge on any atom is 0.415 e. The minimum absolute atomic E-state index is 0.643. The molecular weight excluding hydrogens is 231 g/mol. The molecule has 2 rings (SSSR count). The second-order valence-electron chi connectivity index (χ2n) is 3.56. The Bertz CT molecular complexity index is 491. The molecule has 2 aromatic rings. The van der Waals surface area contributed by atoms with Gasteiger partial charge in [0, 0.05) is 0 Å². The molecule has 0 saturated heterocycles. The first-order chi connectivity index (χ1) is 8.31. The van der Waals surface area contributed by atoms with Gasteiger partial charge in [-0.15, -0.1) is 0 Å². The predicted octanol–water partition coefficient (Wildman–Crippen LogP) is 2.86. The van der Waals surface area contributed by atoms with Gasteiger partial charge in [-0.25, -0.2) is 0 Å². The van der Waals surface area contributed by atoms with Crippen molar-refractivity contribution < 1.29 is 9.30 Å². The molecule has 0 amide bonds. The average molecular weight is 245 g/mol. The molecule has 2 nitrogen and oxygen atoms in total. The lowest BCUT2D eigenvalue weighted by molar-refractivity contribution is 0.340. The van der Waals surface area contributed by atoms with Crippen molar-refractivity contribution in [2.45, 2.75) is 6.92 Å². The first kappa shape index (κ1) is 11.8. The summed E-state index contributed by atoms with van der Waals surface area (Å²) in [5.41, 5.74) is 0. The Kier molecular flexibility index (Phi) is 3.89. The highest BCUT2D eigenvalue weighted by Gasteiger charge is 2.22. The quantitative estimate of drug-likeness (QED) is 0.774. The normalized spacial score (nSPS) is 11.0. The minimum atomic E-state index is -1.50. The Morgan fingerprint density at radius 3 is 2.12 bits per heavy atom. The van der Waals surface area contributed by atoms with E-state index in [9.17, 15) is 4.57 Å². The summed E-state index contributed by atoms with van der Waals surface area (Å²) in [6, 6.07) is 16.9. The zero-order chi connectivity index (χ0) is 12.1. The van der Waals surface area contributed by atoms with Gasteiger partial charge in [0.2, 0.25) is 0 Å². The number of ether oxygens (including phenoxy) is 1. The number of hydrogen-bond donors (Lipinski definition) is 0. The molecule has 0 fully saturated rings. The van der Waals surface area contributed by atoms with E-state index in [1.807, 2.05) is 61.5 Å². The fourth-order valence-corrected chi connectivity index (χ4v) is 2.72. The topological polar surface area (TPSA) is 26.3 Å². The predicted molar refractivity (Wildman–Crippen MR) is 70.9 cm³/mol. The Morgan fingerprint density at radius 2 is 1.53 bits per heavy atom. The van der Waals surface area contributed by atoms with Crippen LogP contribution in [0.1, 0.15) is 6.92 Å². The Labute approximate surface area is 102 Å². The Balaban J connectivity index is 2.20. The van der Waals surface area contributed by atoms with E-state index < -0.39 is 7.80 Å². The Hall–Kier alpha value is -1.66. The van der Waals surface area contributed by atoms with Crippen LogP contribution in [0.5, 0.6) is 5.75 Å². The third-order valence-corrected chi connectivity index (χ3v) is 3.91. The molecule has 0 N–H and O–H groups in total. The molecule has 0 spiro atoms. The van der Waals surface area contributed by atoms with Crippen LogP contribution in [-0.4, -0.2) is 6.61 Å². The second kappa shape index (κ2) is 5.60. The lowest BCUT2D eigenvalue weighted by Crippen LogP contribution is -2.05. The van der Waals surface area contributed by atoms with Crippen LogP contribution in [0.15, 0.2) is 54.6 Å². The second-order valence-corrected chi connectivity index (χ2v) is 5.18. The molecule has 0 radical (unpaired) electrons. The third kappa shape index (κ3) is 2.92. The molecule has 0 aromatic heterocycles. The smallest absolute Gasteiger partial charge is 0.415 e. The monoisotopic (exact) mass is 245 g/mol. The lowest BCUT2D eigenvalue weighted by Gasteiger charge is -2.00. The van der Waals surface area contributed by atoms with E-state index in [-0.39, 0.29) is 0 Å². The average Bonchev–Trinajstić information content (AvgIpc) is 2.40. The largest absolute Gasteiger partial charge is 0.494 e. The molecule has 3 heteroatoms. The summed E-state index contributed by atoms with van der Waals surface area (Å²) in [5.74, 6) is 0.813. The zero-order valence-corrected chi connectivity index (χ0v) is 10.6. The summed E-state index contributed by atoms with van der Waals surface area (Å²) in [7, 11) is -1.50. The fourth-order valence-electron chi connectivity index (χ4n) is 1.56. The van der Waals surface area contributed by atoms with Crippen molar-refractivity contribution in [3.8, 4) is 5.75 Å². The van der Waals surface area contributed by atoms with Crippen molar-refractivity contribution in [1.29, 1.82) is 0 Å². The zero-order valence-electron chi connectivity index (χ0n) is 9.67. The summed E-state index contributed by atoms with van der Waals surface area (Å²) < 4.78 is 17.6. The molecule has 0 heterocycles. The summed E-state index contributed by atoms with van der Waals surface area (Å²) in [6.45, 7) is 2.59. The molecule has 0 aliphatic rings. The van der Waals surface area contributed by atoms with Gasteiger partial charge in [-0.1, -0.05) is 22.8 Å². The van der Waals surface area contributed by atoms with E-state index in [0.717, 1.165) is 16.4 Å². The molecule has 86 valence electrons. The molecule has 0 bridgehead atoms. The van der Waals surface area contributed by atoms with Crippen LogP contribution >= 0.6 is 7.80 Å². The van der Waals surface area contributed by atoms with Crippen molar-refractivity contribution >= 4 is 18.4 Å². The highest BCUT2D eigenvalue weighted by atomic mass is 31.1. The molecule has 0 saturated carbocycles. The van der Waals surface area contributed by atoms with Crippen molar-refractivity contribution in [3.05, 3.63) is 54.6 Å². The Morgan fingerprint density at radius 1 is 0.941 bits per heavy atom. The van der Waals surface area contributed by atoms with Gasteiger partial charge in [-0.3, -0.25) is 0 Å². The highest BCUT2D eigenvalue weighted by Crippen LogP contribution is 2.20. The first-order valence-corrected chi connectivity index (χ1v) is 6.82. The van der Waals surface area contributed by atoms with E-state index >= 15 is 0 Å². The number of hydrogen-bond acceptors (Lipinski definition) is 2. The summed E-state index contributed by atoms with van der Waals surface area (Å²) in [5, 5.41) is 1.68. The lowest BCUT2D eigenvalue weighted by atomic mass is 10.3. The van der Waals surface area contributed by atoms with Gasteiger partial charge in [0.15, 0.2) is 10.6 Å². The van der Waals surface area contributed by atoms with E-state index in [1.54, 1.807) is 0 Å². The van der Waals surface area contributed by atoms with Gasteiger partial charge >= 0.3 is 7.80 Å². The molecule has 17 heavy (non-hydrogen) atoms. The van der Waals surface area contributed by atoms with Crippen molar-refractivity contribution in [2.75, 3.05) is 6.61 Å². The van der Waals surface area contributed by atoms with Crippen LogP contribution in [0.2, 0.25) is 0 Å². The molecular formula is C14H14O2P+. The van der Waals surface area contributed by atoms with Crippen LogP contribution < -0.4 is 15.3 Å². The molecule has 0 aliphatic heterocycles. The maximum absolute atomic E-state index is 12.2. The van der Waals surface area contributed by atoms with Gasteiger partial charge in [0.05, 0.1) is 6.61 Å². The fraction of sp³-hybridized carbons (Fsp3) is 0.143. The van der Waals surface area contributed by atoms with Crippen LogP contribution in [-0.2, 0) is 4.57 Å². The summed E-state index contributed by atoms with van der Waals surface area (Å²) in [4.78, 5) is 0. The SMILES string of the molecule is CCOc1ccc([P+](=O)c2ccccc2)cc1. The minimum Gasteiger partial charge on any atom is -0.494 e. The summed E-state index contributed by atoms with van der Waals surface area (Å²) >= 11 is 0. The maximum atomic E-state index is 12.2. The van der Waals surface area contributed by atoms with E-state index in [4.69, 9.17) is 4.74 Å². The van der Waals surface area contributed by atoms with Crippen LogP contribution in [0.3, 0.4) is 0 Å². The number of benzene rings is 2. The van der Waals surface area contributed by atoms with Gasteiger partial charge in [-0.05, 0) is 43.3 Å². The van der Waals surface area contributed by atoms with Crippen molar-refractivity contribution in [2.24, 2.45) is 0 Å². The molecule has 2 aromatic carbocycles. The van der Waals surface area contributed by atoms with E-state index in [0.29, 0.717) is 6.61 Å². The number of rotatable bonds is 4. The molecule has 1 unspecified atom stereocenters. The standard InChI is InChI=1S/C14H14O2P/c1-2-16-12-8-10-14(11-9-12)17(15)13-6-4-3-5-7-13/h3-11H,2H2,1H3/q+1. The van der Waals surface area contributed by atoms with Gasteiger partial charge in [0.1, 0.15) is 5.75 Å². The first-order valence-electron chi connectivity index (χ1n) is 5.56. The molecule has 0 aliphatic carbocycles. The van der Waals surface area contributed by atoms with Gasteiger partial charge < -0.3 is 4.74 Å². The van der Waals surface area contributed by atoms with Crippen molar-refractivity contribution in [1.82, 2.24) is 0 Å². The highest BCUT2D eigenvalue weighted by molar-refractivity contribution is 7.61. The third-order valence-electron chi connectivity index (χ3n) is 2.37. The van der Waals surface area contributed by atoms with E-state index in [1.165, 1.54) is 0 Å². The van der Waals surface area contributed by atoms with Crippen LogP contribution in [0, 0.1) is 0 Å². The van der Waals surface area contributed by atoms with Crippen LogP contribution in [0.25, 0.3) is 0 Å². The summed E-state index contributed by atoms with van der Waals surface area (Å²) in [6.07, 6.45) is 0. The molecule has 1 atom stereocenters. The van der Waals surface area contributed by atoms with E-state index in [2.05, 4.69) is 0 Å².